The summed E-state index contributed by atoms with van der Waals surface area (Å²) in [7, 11) is 0. The average Bonchev–Trinajstić information content (AvgIpc) is 2.95. The first kappa shape index (κ1) is 14.1. The fourth-order valence-electron chi connectivity index (χ4n) is 2.61. The van der Waals surface area contributed by atoms with Gasteiger partial charge in [-0.25, -0.2) is 4.98 Å². The lowest BCUT2D eigenvalue weighted by Gasteiger charge is -2.06. The standard InChI is InChI=1S/C20H16N2S/c1-15-12-13-18-21-19(16-8-4-2-5-9-16)20(22(18)14-15)23-17-10-6-3-7-11-17/h2-14H,1H3. The summed E-state index contributed by atoms with van der Waals surface area (Å²) in [6.07, 6.45) is 2.15. The summed E-state index contributed by atoms with van der Waals surface area (Å²) in [5, 5.41) is 1.15. The van der Waals surface area contributed by atoms with Crippen LogP contribution in [0.1, 0.15) is 5.56 Å². The molecule has 0 saturated heterocycles. The van der Waals surface area contributed by atoms with E-state index in [1.165, 1.54) is 10.5 Å². The van der Waals surface area contributed by atoms with Gasteiger partial charge in [-0.15, -0.1) is 0 Å². The minimum atomic E-state index is 0.980. The normalized spacial score (nSPS) is 11.0. The zero-order valence-electron chi connectivity index (χ0n) is 12.8. The van der Waals surface area contributed by atoms with Crippen LogP contribution in [0.3, 0.4) is 0 Å². The maximum absolute atomic E-state index is 4.86. The molecule has 0 bridgehead atoms. The van der Waals surface area contributed by atoms with Crippen molar-refractivity contribution in [3.63, 3.8) is 0 Å². The van der Waals surface area contributed by atoms with Crippen molar-refractivity contribution in [1.29, 1.82) is 0 Å². The number of imidazole rings is 1. The van der Waals surface area contributed by atoms with Crippen LogP contribution in [0.4, 0.5) is 0 Å². The molecule has 4 rings (SSSR count). The second-order valence-electron chi connectivity index (χ2n) is 5.48. The smallest absolute Gasteiger partial charge is 0.138 e. The van der Waals surface area contributed by atoms with E-state index >= 15 is 0 Å². The first-order chi connectivity index (χ1) is 11.3. The van der Waals surface area contributed by atoms with Gasteiger partial charge in [0.1, 0.15) is 16.4 Å². The average molecular weight is 316 g/mol. The van der Waals surface area contributed by atoms with Gasteiger partial charge in [0.05, 0.1) is 0 Å². The molecule has 0 saturated carbocycles. The van der Waals surface area contributed by atoms with Crippen LogP contribution in [-0.4, -0.2) is 9.38 Å². The molecular weight excluding hydrogens is 300 g/mol. The first-order valence-corrected chi connectivity index (χ1v) is 8.40. The second-order valence-corrected chi connectivity index (χ2v) is 6.54. The Kier molecular flexibility index (Phi) is 3.64. The van der Waals surface area contributed by atoms with E-state index in [1.807, 2.05) is 12.1 Å². The van der Waals surface area contributed by atoms with Gasteiger partial charge in [0.15, 0.2) is 0 Å². The summed E-state index contributed by atoms with van der Waals surface area (Å²) in [6, 6.07) is 25.0. The number of nitrogens with zero attached hydrogens (tertiary/aromatic N) is 2. The molecular formula is C20H16N2S. The van der Waals surface area contributed by atoms with Crippen LogP contribution in [-0.2, 0) is 0 Å². The van der Waals surface area contributed by atoms with Crippen LogP contribution in [0.15, 0.2) is 88.9 Å². The zero-order chi connectivity index (χ0) is 15.6. The summed E-state index contributed by atoms with van der Waals surface area (Å²) in [5.74, 6) is 0. The predicted octanol–water partition coefficient (Wildman–Crippen LogP) is 5.46. The Morgan fingerprint density at radius 3 is 2.26 bits per heavy atom. The van der Waals surface area contributed by atoms with E-state index in [1.54, 1.807) is 11.8 Å². The molecule has 0 radical (unpaired) electrons. The number of aryl methyl sites for hydroxylation is 1. The van der Waals surface area contributed by atoms with Gasteiger partial charge in [0.25, 0.3) is 0 Å². The Morgan fingerprint density at radius 2 is 1.52 bits per heavy atom. The van der Waals surface area contributed by atoms with Crippen molar-refractivity contribution in [2.24, 2.45) is 0 Å². The van der Waals surface area contributed by atoms with Gasteiger partial charge < -0.3 is 0 Å². The fourth-order valence-corrected chi connectivity index (χ4v) is 3.63. The molecule has 4 aromatic rings. The van der Waals surface area contributed by atoms with E-state index in [9.17, 15) is 0 Å². The van der Waals surface area contributed by atoms with Crippen molar-refractivity contribution in [3.8, 4) is 11.3 Å². The quantitative estimate of drug-likeness (QED) is 0.499. The van der Waals surface area contributed by atoms with Gasteiger partial charge in [0.2, 0.25) is 0 Å². The fraction of sp³-hybridized carbons (Fsp3) is 0.0500. The van der Waals surface area contributed by atoms with E-state index in [0.29, 0.717) is 0 Å². The Balaban J connectivity index is 1.93. The van der Waals surface area contributed by atoms with E-state index in [4.69, 9.17) is 4.98 Å². The minimum Gasteiger partial charge on any atom is -0.294 e. The molecule has 0 N–H and O–H groups in total. The van der Waals surface area contributed by atoms with Crippen LogP contribution in [0.2, 0.25) is 0 Å². The molecule has 2 heterocycles. The number of hydrogen-bond donors (Lipinski definition) is 0. The number of rotatable bonds is 3. The third-order valence-corrected chi connectivity index (χ3v) is 4.82. The Hall–Kier alpha value is -2.52. The van der Waals surface area contributed by atoms with E-state index < -0.39 is 0 Å². The van der Waals surface area contributed by atoms with E-state index in [-0.39, 0.29) is 0 Å². The van der Waals surface area contributed by atoms with Gasteiger partial charge >= 0.3 is 0 Å². The highest BCUT2D eigenvalue weighted by Gasteiger charge is 2.15. The molecule has 112 valence electrons. The molecule has 0 aliphatic rings. The van der Waals surface area contributed by atoms with Crippen molar-refractivity contribution >= 4 is 17.4 Å². The summed E-state index contributed by atoms with van der Waals surface area (Å²) in [5.41, 5.74) is 4.38. The third kappa shape index (κ3) is 2.76. The molecule has 0 spiro atoms. The van der Waals surface area contributed by atoms with Gasteiger partial charge in [-0.3, -0.25) is 4.40 Å². The second kappa shape index (κ2) is 5.94. The molecule has 0 aliphatic heterocycles. The van der Waals surface area contributed by atoms with Crippen molar-refractivity contribution in [3.05, 3.63) is 84.6 Å². The predicted molar refractivity (Wildman–Crippen MR) is 95.9 cm³/mol. The lowest BCUT2D eigenvalue weighted by Crippen LogP contribution is -1.88. The highest BCUT2D eigenvalue weighted by atomic mass is 32.2. The number of aromatic nitrogens is 2. The van der Waals surface area contributed by atoms with E-state index in [2.05, 4.69) is 78.2 Å². The minimum absolute atomic E-state index is 0.980. The van der Waals surface area contributed by atoms with Gasteiger partial charge in [-0.05, 0) is 30.7 Å². The monoisotopic (exact) mass is 316 g/mol. The van der Waals surface area contributed by atoms with Crippen molar-refractivity contribution in [2.75, 3.05) is 0 Å². The Labute approximate surface area is 139 Å². The van der Waals surface area contributed by atoms with Crippen LogP contribution in [0.25, 0.3) is 16.9 Å². The van der Waals surface area contributed by atoms with Gasteiger partial charge in [0, 0.05) is 16.7 Å². The maximum atomic E-state index is 4.86. The molecule has 2 aromatic carbocycles. The summed E-state index contributed by atoms with van der Waals surface area (Å²) >= 11 is 1.75. The lowest BCUT2D eigenvalue weighted by atomic mass is 10.2. The molecule has 0 fully saturated rings. The Morgan fingerprint density at radius 1 is 0.826 bits per heavy atom. The number of pyridine rings is 1. The molecule has 23 heavy (non-hydrogen) atoms. The summed E-state index contributed by atoms with van der Waals surface area (Å²) in [4.78, 5) is 6.08. The van der Waals surface area contributed by atoms with Crippen molar-refractivity contribution < 1.29 is 0 Å². The van der Waals surface area contributed by atoms with Crippen molar-refractivity contribution in [1.82, 2.24) is 9.38 Å². The highest BCUT2D eigenvalue weighted by molar-refractivity contribution is 7.99. The number of hydrogen-bond acceptors (Lipinski definition) is 2. The number of fused-ring (bicyclic) bond motifs is 1. The molecule has 0 amide bonds. The van der Waals surface area contributed by atoms with Gasteiger partial charge in [-0.1, -0.05) is 66.4 Å². The molecule has 0 aliphatic carbocycles. The molecule has 3 heteroatoms. The molecule has 0 unspecified atom stereocenters. The molecule has 2 nitrogen and oxygen atoms in total. The topological polar surface area (TPSA) is 17.3 Å². The largest absolute Gasteiger partial charge is 0.294 e. The van der Waals surface area contributed by atoms with Crippen molar-refractivity contribution in [2.45, 2.75) is 16.8 Å². The number of benzene rings is 2. The zero-order valence-corrected chi connectivity index (χ0v) is 13.6. The highest BCUT2D eigenvalue weighted by Crippen LogP contribution is 2.36. The van der Waals surface area contributed by atoms with Crippen LogP contribution < -0.4 is 0 Å². The molecule has 0 atom stereocenters. The Bertz CT molecular complexity index is 943. The lowest BCUT2D eigenvalue weighted by molar-refractivity contribution is 1.04. The van der Waals surface area contributed by atoms with E-state index in [0.717, 1.165) is 21.9 Å². The summed E-state index contributed by atoms with van der Waals surface area (Å²) < 4.78 is 2.19. The molecule has 2 aromatic heterocycles. The third-order valence-electron chi connectivity index (χ3n) is 3.73. The maximum Gasteiger partial charge on any atom is 0.138 e. The van der Waals surface area contributed by atoms with Crippen LogP contribution >= 0.6 is 11.8 Å². The van der Waals surface area contributed by atoms with Crippen LogP contribution in [0, 0.1) is 6.92 Å². The first-order valence-electron chi connectivity index (χ1n) is 7.58. The summed E-state index contributed by atoms with van der Waals surface area (Å²) in [6.45, 7) is 2.11. The van der Waals surface area contributed by atoms with Gasteiger partial charge in [-0.2, -0.15) is 0 Å². The van der Waals surface area contributed by atoms with Crippen LogP contribution in [0.5, 0.6) is 0 Å². The SMILES string of the molecule is Cc1ccc2nc(-c3ccccc3)c(Sc3ccccc3)n2c1.